The molecule has 4 atom stereocenters. The minimum atomic E-state index is 0.213. The minimum absolute atomic E-state index is 0.213. The molecule has 2 bridgehead atoms. The van der Waals surface area contributed by atoms with E-state index in [1.54, 1.807) is 0 Å². The molecule has 5 rings (SSSR count). The Kier molecular flexibility index (Phi) is 2.09. The van der Waals surface area contributed by atoms with Crippen molar-refractivity contribution in [2.75, 3.05) is 13.3 Å². The number of Topliss-reactive ketones (excluding diaryl/α,β-unsaturated/α-hetero) is 1. The summed E-state index contributed by atoms with van der Waals surface area (Å²) in [6.07, 6.45) is 3.00. The SMILES string of the molecule is O=C1CCC[C@H]2[C@H]1[C@H]1CN2Cc2cc3c(cc21)OCO3. The molecule has 1 aromatic carbocycles. The van der Waals surface area contributed by atoms with Crippen LogP contribution in [0.1, 0.15) is 36.3 Å². The predicted molar refractivity (Wildman–Crippen MR) is 71.9 cm³/mol. The lowest BCUT2D eigenvalue weighted by molar-refractivity contribution is -0.125. The smallest absolute Gasteiger partial charge is 0.231 e. The van der Waals surface area contributed by atoms with Crippen molar-refractivity contribution >= 4 is 5.78 Å². The van der Waals surface area contributed by atoms with Crippen LogP contribution in [0.3, 0.4) is 0 Å². The fraction of sp³-hybridized carbons (Fsp3) is 0.562. The molecule has 2 fully saturated rings. The molecule has 1 unspecified atom stereocenters. The number of fused-ring (bicyclic) bond motifs is 8. The van der Waals surface area contributed by atoms with Crippen LogP contribution in [-0.2, 0) is 11.3 Å². The average molecular weight is 271 g/mol. The van der Waals surface area contributed by atoms with E-state index in [2.05, 4.69) is 17.0 Å². The standard InChI is InChI=1S/C16H17NO3/c18-13-3-1-2-12-16(13)11-7-17(12)6-9-4-14-15(5-10(9)11)20-8-19-14/h4-5,11-12,16H,1-3,6-8H2/t11-,12-,16+/m0/s1. The molecular formula is C16H17NO3. The first-order chi connectivity index (χ1) is 9.81. The van der Waals surface area contributed by atoms with Crippen LogP contribution in [0.5, 0.6) is 11.5 Å². The summed E-state index contributed by atoms with van der Waals surface area (Å²) < 4.78 is 11.0. The van der Waals surface area contributed by atoms with E-state index in [9.17, 15) is 4.79 Å². The number of hydrogen-bond donors (Lipinski definition) is 0. The van der Waals surface area contributed by atoms with Gasteiger partial charge in [0, 0.05) is 37.4 Å². The fourth-order valence-corrected chi connectivity index (χ4v) is 4.62. The average Bonchev–Trinajstić information content (AvgIpc) is 3.01. The van der Waals surface area contributed by atoms with Crippen molar-refractivity contribution in [2.45, 2.75) is 37.8 Å². The second kappa shape index (κ2) is 3.76. The predicted octanol–water partition coefficient (Wildman–Crippen LogP) is 2.07. The van der Waals surface area contributed by atoms with Gasteiger partial charge in [0.1, 0.15) is 5.78 Å². The monoisotopic (exact) mass is 271 g/mol. The second-order valence-electron chi connectivity index (χ2n) is 6.39. The number of rotatable bonds is 0. The zero-order valence-electron chi connectivity index (χ0n) is 11.3. The summed E-state index contributed by atoms with van der Waals surface area (Å²) >= 11 is 0. The van der Waals surface area contributed by atoms with Crippen LogP contribution in [0.25, 0.3) is 0 Å². The normalized spacial score (nSPS) is 36.7. The van der Waals surface area contributed by atoms with Crippen LogP contribution >= 0.6 is 0 Å². The second-order valence-corrected chi connectivity index (χ2v) is 6.39. The topological polar surface area (TPSA) is 38.8 Å². The quantitative estimate of drug-likeness (QED) is 0.724. The van der Waals surface area contributed by atoms with Crippen molar-refractivity contribution in [1.29, 1.82) is 0 Å². The summed E-state index contributed by atoms with van der Waals surface area (Å²) in [5, 5.41) is 0. The van der Waals surface area contributed by atoms with Crippen LogP contribution in [0.15, 0.2) is 12.1 Å². The van der Waals surface area contributed by atoms with Crippen molar-refractivity contribution < 1.29 is 14.3 Å². The number of hydrogen-bond acceptors (Lipinski definition) is 4. The Morgan fingerprint density at radius 3 is 2.95 bits per heavy atom. The molecule has 0 radical (unpaired) electrons. The van der Waals surface area contributed by atoms with Gasteiger partial charge in [-0.1, -0.05) is 0 Å². The molecule has 1 saturated carbocycles. The van der Waals surface area contributed by atoms with Gasteiger partial charge in [0.25, 0.3) is 0 Å². The van der Waals surface area contributed by atoms with E-state index in [-0.39, 0.29) is 5.92 Å². The lowest BCUT2D eigenvalue weighted by Crippen LogP contribution is -2.37. The zero-order valence-corrected chi connectivity index (χ0v) is 11.3. The van der Waals surface area contributed by atoms with Gasteiger partial charge in [-0.15, -0.1) is 0 Å². The molecule has 104 valence electrons. The summed E-state index contributed by atoms with van der Waals surface area (Å²) in [6.45, 7) is 2.31. The molecule has 1 saturated heterocycles. The van der Waals surface area contributed by atoms with Gasteiger partial charge in [-0.2, -0.15) is 0 Å². The van der Waals surface area contributed by atoms with Gasteiger partial charge in [-0.05, 0) is 36.1 Å². The van der Waals surface area contributed by atoms with Crippen LogP contribution in [0.2, 0.25) is 0 Å². The molecule has 4 aliphatic rings. The number of carbonyl (C=O) groups is 1. The summed E-state index contributed by atoms with van der Waals surface area (Å²) in [6, 6.07) is 4.72. The highest BCUT2D eigenvalue weighted by molar-refractivity contribution is 5.84. The largest absolute Gasteiger partial charge is 0.454 e. The Hall–Kier alpha value is -1.55. The van der Waals surface area contributed by atoms with Gasteiger partial charge < -0.3 is 9.47 Å². The van der Waals surface area contributed by atoms with Crippen LogP contribution < -0.4 is 9.47 Å². The maximum Gasteiger partial charge on any atom is 0.231 e. The van der Waals surface area contributed by atoms with E-state index in [4.69, 9.17) is 9.47 Å². The van der Waals surface area contributed by atoms with Gasteiger partial charge in [-0.3, -0.25) is 9.69 Å². The van der Waals surface area contributed by atoms with Gasteiger partial charge >= 0.3 is 0 Å². The lowest BCUT2D eigenvalue weighted by Gasteiger charge is -2.30. The molecule has 0 spiro atoms. The first-order valence-electron chi connectivity index (χ1n) is 7.50. The summed E-state index contributed by atoms with van der Waals surface area (Å²) in [5.41, 5.74) is 2.65. The highest BCUT2D eigenvalue weighted by atomic mass is 16.7. The highest BCUT2D eigenvalue weighted by Gasteiger charge is 2.50. The van der Waals surface area contributed by atoms with E-state index < -0.39 is 0 Å². The maximum absolute atomic E-state index is 12.4. The van der Waals surface area contributed by atoms with Crippen molar-refractivity contribution in [1.82, 2.24) is 4.90 Å². The molecule has 4 nitrogen and oxygen atoms in total. The van der Waals surface area contributed by atoms with E-state index in [0.29, 0.717) is 24.5 Å². The summed E-state index contributed by atoms with van der Waals surface area (Å²) in [4.78, 5) is 14.9. The van der Waals surface area contributed by atoms with Crippen molar-refractivity contribution in [3.05, 3.63) is 23.3 Å². The number of carbonyl (C=O) groups excluding carboxylic acids is 1. The molecule has 0 amide bonds. The third-order valence-electron chi connectivity index (χ3n) is 5.45. The molecule has 1 aliphatic carbocycles. The van der Waals surface area contributed by atoms with E-state index >= 15 is 0 Å². The third-order valence-corrected chi connectivity index (χ3v) is 5.45. The Morgan fingerprint density at radius 2 is 2.05 bits per heavy atom. The highest BCUT2D eigenvalue weighted by Crippen LogP contribution is 2.50. The Bertz CT molecular complexity index is 612. The zero-order chi connectivity index (χ0) is 13.3. The number of ketones is 1. The van der Waals surface area contributed by atoms with E-state index in [1.165, 1.54) is 17.5 Å². The number of benzene rings is 1. The van der Waals surface area contributed by atoms with Crippen molar-refractivity contribution in [3.63, 3.8) is 0 Å². The van der Waals surface area contributed by atoms with Gasteiger partial charge in [0.2, 0.25) is 6.79 Å². The Labute approximate surface area is 117 Å². The van der Waals surface area contributed by atoms with Crippen LogP contribution in [0, 0.1) is 5.92 Å². The fourth-order valence-electron chi connectivity index (χ4n) is 4.62. The van der Waals surface area contributed by atoms with E-state index in [0.717, 1.165) is 37.4 Å². The van der Waals surface area contributed by atoms with Gasteiger partial charge in [0.15, 0.2) is 11.5 Å². The molecule has 0 aromatic heterocycles. The summed E-state index contributed by atoms with van der Waals surface area (Å²) in [7, 11) is 0. The number of nitrogens with zero attached hydrogens (tertiary/aromatic N) is 1. The first kappa shape index (κ1) is 11.1. The van der Waals surface area contributed by atoms with Gasteiger partial charge in [-0.25, -0.2) is 0 Å². The van der Waals surface area contributed by atoms with E-state index in [1.807, 2.05) is 0 Å². The van der Waals surface area contributed by atoms with Crippen LogP contribution in [0.4, 0.5) is 0 Å². The molecule has 1 aromatic rings. The van der Waals surface area contributed by atoms with Gasteiger partial charge in [0.05, 0.1) is 0 Å². The Morgan fingerprint density at radius 1 is 1.20 bits per heavy atom. The van der Waals surface area contributed by atoms with Crippen molar-refractivity contribution in [3.8, 4) is 11.5 Å². The molecule has 0 N–H and O–H groups in total. The molecule has 3 heterocycles. The molecule has 4 heteroatoms. The molecular weight excluding hydrogens is 254 g/mol. The number of ether oxygens (including phenoxy) is 2. The third kappa shape index (κ3) is 1.32. The van der Waals surface area contributed by atoms with Crippen LogP contribution in [-0.4, -0.2) is 30.1 Å². The first-order valence-corrected chi connectivity index (χ1v) is 7.50. The lowest BCUT2D eigenvalue weighted by atomic mass is 9.76. The van der Waals surface area contributed by atoms with Crippen molar-refractivity contribution in [2.24, 2.45) is 5.92 Å². The minimum Gasteiger partial charge on any atom is -0.454 e. The maximum atomic E-state index is 12.4. The Balaban J connectivity index is 1.64. The molecule has 3 aliphatic heterocycles. The summed E-state index contributed by atoms with van der Waals surface area (Å²) in [5.74, 6) is 2.76. The molecule has 20 heavy (non-hydrogen) atoms.